The van der Waals surface area contributed by atoms with Gasteiger partial charge in [-0.05, 0) is 37.1 Å². The number of nitrogens with zero attached hydrogens (tertiary/aromatic N) is 2. The molecule has 2 amide bonds. The standard InChI is InChI=1S/C16H15F3N4O2/c17-16(18,19)13-6-7-23(22-13)9-14(24)20-12-3-1-2-10(8-12)15(25)21-11-4-5-11/h1-3,6-8,11H,4-5,9H2,(H,20,24)(H,21,25). The van der Waals surface area contributed by atoms with Crippen LogP contribution in [0, 0.1) is 0 Å². The van der Waals surface area contributed by atoms with Gasteiger partial charge in [-0.15, -0.1) is 0 Å². The van der Waals surface area contributed by atoms with E-state index < -0.39 is 17.8 Å². The number of hydrogen-bond donors (Lipinski definition) is 2. The molecule has 0 unspecified atom stereocenters. The van der Waals surface area contributed by atoms with Crippen LogP contribution in [0.2, 0.25) is 0 Å². The zero-order valence-corrected chi connectivity index (χ0v) is 13.0. The molecule has 1 heterocycles. The van der Waals surface area contributed by atoms with Crippen molar-refractivity contribution in [3.05, 3.63) is 47.8 Å². The number of benzene rings is 1. The maximum absolute atomic E-state index is 12.5. The molecule has 0 radical (unpaired) electrons. The van der Waals surface area contributed by atoms with E-state index in [2.05, 4.69) is 15.7 Å². The third-order valence-electron chi connectivity index (χ3n) is 3.56. The molecule has 1 aliphatic rings. The van der Waals surface area contributed by atoms with Crippen molar-refractivity contribution in [3.8, 4) is 0 Å². The average molecular weight is 352 g/mol. The van der Waals surface area contributed by atoms with Gasteiger partial charge in [0.2, 0.25) is 5.91 Å². The SMILES string of the molecule is O=C(Cn1ccc(C(F)(F)F)n1)Nc1cccc(C(=O)NC2CC2)c1. The first-order valence-electron chi connectivity index (χ1n) is 7.63. The van der Waals surface area contributed by atoms with E-state index in [-0.39, 0.29) is 18.5 Å². The molecule has 9 heteroatoms. The van der Waals surface area contributed by atoms with Gasteiger partial charge in [0.15, 0.2) is 5.69 Å². The highest BCUT2D eigenvalue weighted by molar-refractivity contribution is 5.97. The minimum absolute atomic E-state index is 0.216. The van der Waals surface area contributed by atoms with Gasteiger partial charge in [-0.1, -0.05) is 6.07 Å². The summed E-state index contributed by atoms with van der Waals surface area (Å²) in [6, 6.07) is 7.36. The highest BCUT2D eigenvalue weighted by Gasteiger charge is 2.33. The lowest BCUT2D eigenvalue weighted by molar-refractivity contribution is -0.141. The van der Waals surface area contributed by atoms with Crippen molar-refractivity contribution < 1.29 is 22.8 Å². The molecule has 0 saturated heterocycles. The Morgan fingerprint density at radius 3 is 2.64 bits per heavy atom. The van der Waals surface area contributed by atoms with Crippen molar-refractivity contribution in [1.82, 2.24) is 15.1 Å². The molecule has 0 atom stereocenters. The van der Waals surface area contributed by atoms with Gasteiger partial charge in [-0.3, -0.25) is 14.3 Å². The largest absolute Gasteiger partial charge is 0.435 e. The van der Waals surface area contributed by atoms with Gasteiger partial charge in [0, 0.05) is 23.5 Å². The van der Waals surface area contributed by atoms with Gasteiger partial charge in [0.05, 0.1) is 0 Å². The summed E-state index contributed by atoms with van der Waals surface area (Å²) in [6.07, 6.45) is -1.54. The van der Waals surface area contributed by atoms with E-state index in [1.54, 1.807) is 18.2 Å². The summed E-state index contributed by atoms with van der Waals surface area (Å²) in [6.45, 7) is -0.366. The van der Waals surface area contributed by atoms with Crippen molar-refractivity contribution in [2.45, 2.75) is 31.6 Å². The number of nitrogens with one attached hydrogen (secondary N) is 2. The summed E-state index contributed by atoms with van der Waals surface area (Å²) < 4.78 is 38.4. The van der Waals surface area contributed by atoms with Crippen molar-refractivity contribution in [2.75, 3.05) is 5.32 Å². The number of halogens is 3. The number of rotatable bonds is 5. The van der Waals surface area contributed by atoms with Crippen LogP contribution in [0.5, 0.6) is 0 Å². The quantitative estimate of drug-likeness (QED) is 0.868. The lowest BCUT2D eigenvalue weighted by Gasteiger charge is -2.08. The van der Waals surface area contributed by atoms with Crippen LogP contribution >= 0.6 is 0 Å². The summed E-state index contributed by atoms with van der Waals surface area (Å²) in [7, 11) is 0. The highest BCUT2D eigenvalue weighted by Crippen LogP contribution is 2.27. The molecule has 1 aromatic carbocycles. The predicted octanol–water partition coefficient (Wildman–Crippen LogP) is 2.43. The van der Waals surface area contributed by atoms with Gasteiger partial charge in [0.25, 0.3) is 5.91 Å². The molecule has 25 heavy (non-hydrogen) atoms. The lowest BCUT2D eigenvalue weighted by Crippen LogP contribution is -2.25. The minimum atomic E-state index is -4.55. The van der Waals surface area contributed by atoms with Gasteiger partial charge in [-0.2, -0.15) is 18.3 Å². The third kappa shape index (κ3) is 4.59. The van der Waals surface area contributed by atoms with Gasteiger partial charge in [-0.25, -0.2) is 0 Å². The number of alkyl halides is 3. The molecule has 1 fully saturated rings. The van der Waals surface area contributed by atoms with Crippen molar-refractivity contribution >= 4 is 17.5 Å². The normalized spacial score (nSPS) is 14.2. The smallest absolute Gasteiger partial charge is 0.349 e. The van der Waals surface area contributed by atoms with E-state index in [1.165, 1.54) is 6.07 Å². The Labute approximate surface area is 141 Å². The van der Waals surface area contributed by atoms with Crippen LogP contribution in [0.25, 0.3) is 0 Å². The monoisotopic (exact) mass is 352 g/mol. The fourth-order valence-electron chi connectivity index (χ4n) is 2.18. The Bertz CT molecular complexity index is 797. The Hall–Kier alpha value is -2.84. The average Bonchev–Trinajstić information content (AvgIpc) is 3.21. The first-order valence-corrected chi connectivity index (χ1v) is 7.63. The van der Waals surface area contributed by atoms with Gasteiger partial charge < -0.3 is 10.6 Å². The Morgan fingerprint density at radius 1 is 1.24 bits per heavy atom. The second-order valence-corrected chi connectivity index (χ2v) is 5.77. The zero-order chi connectivity index (χ0) is 18.0. The number of carbonyl (C=O) groups excluding carboxylic acids is 2. The second kappa shape index (κ2) is 6.58. The van der Waals surface area contributed by atoms with Crippen molar-refractivity contribution in [3.63, 3.8) is 0 Å². The fraction of sp³-hybridized carbons (Fsp3) is 0.312. The zero-order valence-electron chi connectivity index (χ0n) is 13.0. The molecular formula is C16H15F3N4O2. The molecule has 0 aliphatic heterocycles. The first kappa shape index (κ1) is 17.0. The molecule has 0 bridgehead atoms. The number of hydrogen-bond acceptors (Lipinski definition) is 3. The number of carbonyl (C=O) groups is 2. The summed E-state index contributed by atoms with van der Waals surface area (Å²) in [5.41, 5.74) is -0.265. The highest BCUT2D eigenvalue weighted by atomic mass is 19.4. The lowest BCUT2D eigenvalue weighted by atomic mass is 10.2. The molecule has 1 aromatic heterocycles. The number of amides is 2. The van der Waals surface area contributed by atoms with Crippen LogP contribution in [-0.4, -0.2) is 27.6 Å². The Morgan fingerprint density at radius 2 is 2.00 bits per heavy atom. The van der Waals surface area contributed by atoms with E-state index in [1.807, 2.05) is 0 Å². The molecule has 0 spiro atoms. The fourth-order valence-corrected chi connectivity index (χ4v) is 2.18. The first-order chi connectivity index (χ1) is 11.8. The molecule has 1 aliphatic carbocycles. The Kier molecular flexibility index (Phi) is 4.47. The topological polar surface area (TPSA) is 76.0 Å². The minimum Gasteiger partial charge on any atom is -0.349 e. The van der Waals surface area contributed by atoms with Crippen LogP contribution in [0.3, 0.4) is 0 Å². The van der Waals surface area contributed by atoms with E-state index in [0.29, 0.717) is 11.3 Å². The third-order valence-corrected chi connectivity index (χ3v) is 3.56. The maximum atomic E-state index is 12.5. The van der Waals surface area contributed by atoms with Gasteiger partial charge >= 0.3 is 6.18 Å². The van der Waals surface area contributed by atoms with Gasteiger partial charge in [0.1, 0.15) is 6.54 Å². The summed E-state index contributed by atoms with van der Waals surface area (Å²) >= 11 is 0. The number of anilines is 1. The van der Waals surface area contributed by atoms with Crippen molar-refractivity contribution in [2.24, 2.45) is 0 Å². The summed E-state index contributed by atoms with van der Waals surface area (Å²) in [5, 5.41) is 8.69. The molecule has 3 rings (SSSR count). The summed E-state index contributed by atoms with van der Waals surface area (Å²) in [4.78, 5) is 23.9. The molecule has 2 aromatic rings. The van der Waals surface area contributed by atoms with Crippen LogP contribution in [0.15, 0.2) is 36.5 Å². The van der Waals surface area contributed by atoms with E-state index in [0.717, 1.165) is 29.8 Å². The molecule has 1 saturated carbocycles. The van der Waals surface area contributed by atoms with Crippen LogP contribution in [0.4, 0.5) is 18.9 Å². The van der Waals surface area contributed by atoms with E-state index in [4.69, 9.17) is 0 Å². The maximum Gasteiger partial charge on any atom is 0.435 e. The molecule has 2 N–H and O–H groups in total. The molecule has 6 nitrogen and oxygen atoms in total. The Balaban J connectivity index is 1.60. The van der Waals surface area contributed by atoms with Crippen LogP contribution < -0.4 is 10.6 Å². The van der Waals surface area contributed by atoms with E-state index in [9.17, 15) is 22.8 Å². The summed E-state index contributed by atoms with van der Waals surface area (Å²) in [5.74, 6) is -0.767. The van der Waals surface area contributed by atoms with E-state index >= 15 is 0 Å². The van der Waals surface area contributed by atoms with Crippen LogP contribution in [-0.2, 0) is 17.5 Å². The van der Waals surface area contributed by atoms with Crippen LogP contribution in [0.1, 0.15) is 28.9 Å². The molecule has 132 valence electrons. The number of aromatic nitrogens is 2. The predicted molar refractivity (Wildman–Crippen MR) is 82.8 cm³/mol. The van der Waals surface area contributed by atoms with Crippen molar-refractivity contribution in [1.29, 1.82) is 0 Å². The molecular weight excluding hydrogens is 337 g/mol. The second-order valence-electron chi connectivity index (χ2n) is 5.77.